The van der Waals surface area contributed by atoms with E-state index in [1.165, 1.54) is 0 Å². The number of hydrogen-bond acceptors (Lipinski definition) is 6. The number of furan rings is 1. The molecular weight excluding hydrogens is 416 g/mol. The van der Waals surface area contributed by atoms with E-state index in [0.717, 1.165) is 10.9 Å². The van der Waals surface area contributed by atoms with Crippen LogP contribution in [0.25, 0.3) is 22.5 Å². The molecule has 0 spiro atoms. The molecule has 0 radical (unpaired) electrons. The second kappa shape index (κ2) is 10.1. The van der Waals surface area contributed by atoms with Crippen molar-refractivity contribution >= 4 is 34.2 Å². The van der Waals surface area contributed by atoms with Gasteiger partial charge in [-0.25, -0.2) is 9.97 Å². The summed E-state index contributed by atoms with van der Waals surface area (Å²) in [7, 11) is 0. The number of nitrogens with zero attached hydrogens (tertiary/aromatic N) is 2. The van der Waals surface area contributed by atoms with E-state index in [1.807, 2.05) is 36.4 Å². The van der Waals surface area contributed by atoms with Gasteiger partial charge in [0.1, 0.15) is 12.4 Å². The first-order valence-electron chi connectivity index (χ1n) is 9.82. The van der Waals surface area contributed by atoms with Crippen LogP contribution in [0.5, 0.6) is 0 Å². The fourth-order valence-electron chi connectivity index (χ4n) is 3.02. The van der Waals surface area contributed by atoms with E-state index in [-0.39, 0.29) is 12.5 Å². The highest BCUT2D eigenvalue weighted by molar-refractivity contribution is 6.31. The molecular formula is C23H21ClN4O3. The number of hydrogen-bond donors (Lipinski definition) is 2. The number of rotatable bonds is 9. The van der Waals surface area contributed by atoms with Crippen LogP contribution in [0.3, 0.4) is 0 Å². The fraction of sp³-hybridized carbons (Fsp3) is 0.174. The minimum atomic E-state index is -0.173. The van der Waals surface area contributed by atoms with Crippen molar-refractivity contribution in [1.82, 2.24) is 15.3 Å². The Bertz CT molecular complexity index is 1150. The second-order valence-electron chi connectivity index (χ2n) is 6.79. The molecule has 4 aromatic rings. The highest BCUT2D eigenvalue weighted by atomic mass is 35.5. The normalized spacial score (nSPS) is 10.9. The van der Waals surface area contributed by atoms with Gasteiger partial charge in [0, 0.05) is 23.5 Å². The Morgan fingerprint density at radius 1 is 1.03 bits per heavy atom. The maximum Gasteiger partial charge on any atom is 0.246 e. The van der Waals surface area contributed by atoms with E-state index < -0.39 is 0 Å². The summed E-state index contributed by atoms with van der Waals surface area (Å²) in [4.78, 5) is 21.1. The van der Waals surface area contributed by atoms with E-state index in [0.29, 0.717) is 47.6 Å². The minimum absolute atomic E-state index is 0.00642. The van der Waals surface area contributed by atoms with Gasteiger partial charge >= 0.3 is 0 Å². The number of carbonyl (C=O) groups is 1. The van der Waals surface area contributed by atoms with Crippen molar-refractivity contribution in [1.29, 1.82) is 0 Å². The predicted molar refractivity (Wildman–Crippen MR) is 120 cm³/mol. The van der Waals surface area contributed by atoms with E-state index >= 15 is 0 Å². The lowest BCUT2D eigenvalue weighted by molar-refractivity contribution is -0.126. The molecule has 0 aliphatic heterocycles. The molecule has 0 bridgehead atoms. The summed E-state index contributed by atoms with van der Waals surface area (Å²) in [5.74, 6) is 1.49. The molecule has 31 heavy (non-hydrogen) atoms. The molecule has 2 heterocycles. The van der Waals surface area contributed by atoms with Crippen LogP contribution in [0.4, 0.5) is 5.82 Å². The summed E-state index contributed by atoms with van der Waals surface area (Å²) in [5.41, 5.74) is 1.73. The summed E-state index contributed by atoms with van der Waals surface area (Å²) in [6.07, 6.45) is 1.57. The van der Waals surface area contributed by atoms with Gasteiger partial charge in [0.25, 0.3) is 0 Å². The third kappa shape index (κ3) is 5.59. The van der Waals surface area contributed by atoms with Gasteiger partial charge < -0.3 is 19.8 Å². The Morgan fingerprint density at radius 3 is 2.71 bits per heavy atom. The molecule has 0 unspecified atom stereocenters. The third-order valence-electron chi connectivity index (χ3n) is 4.48. The molecule has 0 saturated carbocycles. The number of benzene rings is 2. The molecule has 7 nitrogen and oxygen atoms in total. The van der Waals surface area contributed by atoms with Crippen LogP contribution in [-0.4, -0.2) is 35.6 Å². The molecule has 0 aliphatic carbocycles. The Hall–Kier alpha value is -3.42. The molecule has 1 amide bonds. The summed E-state index contributed by atoms with van der Waals surface area (Å²) < 4.78 is 10.9. The maximum atomic E-state index is 12.0. The fourth-order valence-corrected chi connectivity index (χ4v) is 3.19. The summed E-state index contributed by atoms with van der Waals surface area (Å²) in [6.45, 7) is 1.31. The zero-order chi connectivity index (χ0) is 21.5. The Labute approximate surface area is 184 Å². The predicted octanol–water partition coefficient (Wildman–Crippen LogP) is 4.29. The van der Waals surface area contributed by atoms with Crippen molar-refractivity contribution in [2.24, 2.45) is 0 Å². The van der Waals surface area contributed by atoms with Crippen LogP contribution in [-0.2, 0) is 16.1 Å². The van der Waals surface area contributed by atoms with Crippen LogP contribution in [0.15, 0.2) is 71.3 Å². The van der Waals surface area contributed by atoms with Gasteiger partial charge in [-0.15, -0.1) is 0 Å². The smallest absolute Gasteiger partial charge is 0.246 e. The quantitative estimate of drug-likeness (QED) is 0.380. The number of fused-ring (bicyclic) bond motifs is 1. The molecule has 0 atom stereocenters. The molecule has 2 aromatic heterocycles. The van der Waals surface area contributed by atoms with Crippen LogP contribution < -0.4 is 10.6 Å². The summed E-state index contributed by atoms with van der Waals surface area (Å²) in [5, 5.41) is 7.50. The van der Waals surface area contributed by atoms with E-state index in [1.54, 1.807) is 30.5 Å². The number of amides is 1. The Kier molecular flexibility index (Phi) is 6.76. The zero-order valence-corrected chi connectivity index (χ0v) is 17.4. The number of carbonyl (C=O) groups excluding carboxylic acids is 1. The molecule has 0 aliphatic rings. The van der Waals surface area contributed by atoms with Crippen molar-refractivity contribution in [3.63, 3.8) is 0 Å². The zero-order valence-electron chi connectivity index (χ0n) is 16.7. The Balaban J connectivity index is 1.32. The lowest BCUT2D eigenvalue weighted by Gasteiger charge is -2.11. The number of ether oxygens (including phenoxy) is 1. The van der Waals surface area contributed by atoms with Gasteiger partial charge in [-0.3, -0.25) is 4.79 Å². The first-order chi connectivity index (χ1) is 15.2. The highest BCUT2D eigenvalue weighted by Crippen LogP contribution is 2.27. The van der Waals surface area contributed by atoms with E-state index in [4.69, 9.17) is 20.8 Å². The van der Waals surface area contributed by atoms with Crippen molar-refractivity contribution in [3.8, 4) is 11.6 Å². The largest absolute Gasteiger partial charge is 0.461 e. The van der Waals surface area contributed by atoms with E-state index in [9.17, 15) is 4.79 Å². The van der Waals surface area contributed by atoms with E-state index in [2.05, 4.69) is 20.6 Å². The van der Waals surface area contributed by atoms with Gasteiger partial charge in [0.15, 0.2) is 11.6 Å². The van der Waals surface area contributed by atoms with Gasteiger partial charge in [0.05, 0.1) is 18.4 Å². The van der Waals surface area contributed by atoms with Crippen LogP contribution in [0, 0.1) is 0 Å². The minimum Gasteiger partial charge on any atom is -0.461 e. The van der Waals surface area contributed by atoms with Crippen molar-refractivity contribution in [2.45, 2.75) is 6.61 Å². The molecule has 4 rings (SSSR count). The molecule has 0 fully saturated rings. The average molecular weight is 437 g/mol. The van der Waals surface area contributed by atoms with Crippen LogP contribution in [0.2, 0.25) is 5.02 Å². The Morgan fingerprint density at radius 2 is 1.90 bits per heavy atom. The standard InChI is InChI=1S/C23H21ClN4O3/c24-17-8-9-18-19(13-17)27-23(20-7-4-12-31-20)28-22(18)26-11-10-25-21(29)15-30-14-16-5-2-1-3-6-16/h1-9,12-13H,10-11,14-15H2,(H,25,29)(H,26,27,28). The number of aromatic nitrogens is 2. The molecule has 0 saturated heterocycles. The molecule has 158 valence electrons. The monoisotopic (exact) mass is 436 g/mol. The average Bonchev–Trinajstić information content (AvgIpc) is 3.32. The van der Waals surface area contributed by atoms with Crippen LogP contribution in [0.1, 0.15) is 5.56 Å². The first kappa shape index (κ1) is 20.8. The van der Waals surface area contributed by atoms with Gasteiger partial charge in [-0.05, 0) is 35.9 Å². The number of anilines is 1. The molecule has 8 heteroatoms. The molecule has 2 aromatic carbocycles. The van der Waals surface area contributed by atoms with Crippen molar-refractivity contribution in [2.75, 3.05) is 25.0 Å². The summed E-state index contributed by atoms with van der Waals surface area (Å²) in [6, 6.07) is 18.7. The van der Waals surface area contributed by atoms with Crippen molar-refractivity contribution in [3.05, 3.63) is 77.5 Å². The van der Waals surface area contributed by atoms with Gasteiger partial charge in [-0.2, -0.15) is 0 Å². The summed E-state index contributed by atoms with van der Waals surface area (Å²) >= 11 is 6.13. The second-order valence-corrected chi connectivity index (χ2v) is 7.23. The SMILES string of the molecule is O=C(COCc1ccccc1)NCCNc1nc(-c2ccco2)nc2cc(Cl)ccc12. The first-order valence-corrected chi connectivity index (χ1v) is 10.2. The third-order valence-corrected chi connectivity index (χ3v) is 4.72. The maximum absolute atomic E-state index is 12.0. The highest BCUT2D eigenvalue weighted by Gasteiger charge is 2.12. The van der Waals surface area contributed by atoms with Gasteiger partial charge in [-0.1, -0.05) is 41.9 Å². The lowest BCUT2D eigenvalue weighted by Crippen LogP contribution is -2.31. The lowest BCUT2D eigenvalue weighted by atomic mass is 10.2. The van der Waals surface area contributed by atoms with Crippen molar-refractivity contribution < 1.29 is 13.9 Å². The van der Waals surface area contributed by atoms with Crippen LogP contribution >= 0.6 is 11.6 Å². The molecule has 2 N–H and O–H groups in total. The number of halogens is 1. The topological polar surface area (TPSA) is 89.3 Å². The van der Waals surface area contributed by atoms with Gasteiger partial charge in [0.2, 0.25) is 5.91 Å². The number of nitrogens with one attached hydrogen (secondary N) is 2.